The number of aryl methyl sites for hydroxylation is 1. The molecule has 0 saturated carbocycles. The van der Waals surface area contributed by atoms with E-state index >= 15 is 0 Å². The molecule has 0 spiro atoms. The Bertz CT molecular complexity index is 2020. The first-order chi connectivity index (χ1) is 26.1. The van der Waals surface area contributed by atoms with Crippen LogP contribution in [0.3, 0.4) is 0 Å². The molecular weight excluding hydrogens is 706 g/mol. The van der Waals surface area contributed by atoms with Crippen LogP contribution in [-0.4, -0.2) is 144 Å². The molecule has 3 heterocycles. The monoisotopic (exact) mass is 751 g/mol. The van der Waals surface area contributed by atoms with E-state index in [9.17, 15) is 24.3 Å². The van der Waals surface area contributed by atoms with E-state index in [2.05, 4.69) is 20.2 Å². The van der Waals surface area contributed by atoms with Crippen molar-refractivity contribution in [2.45, 2.75) is 19.8 Å². The fraction of sp³-hybridized carbons (Fsp3) is 0.472. The van der Waals surface area contributed by atoms with Crippen LogP contribution >= 0.6 is 0 Å². The molecule has 1 amide bonds. The second-order valence-corrected chi connectivity index (χ2v) is 12.3. The number of phenols is 1. The zero-order valence-electron chi connectivity index (χ0n) is 31.0. The molecule has 1 aliphatic rings. The maximum absolute atomic E-state index is 14.4. The topological polar surface area (TPSA) is 198 Å². The van der Waals surface area contributed by atoms with Crippen LogP contribution in [0.1, 0.15) is 44.5 Å². The van der Waals surface area contributed by atoms with E-state index in [0.717, 1.165) is 34.6 Å². The van der Waals surface area contributed by atoms with Crippen molar-refractivity contribution in [2.75, 3.05) is 87.1 Å². The Kier molecular flexibility index (Phi) is 13.7. The van der Waals surface area contributed by atoms with E-state index < -0.39 is 23.2 Å². The molecule has 0 atom stereocenters. The van der Waals surface area contributed by atoms with E-state index in [1.807, 2.05) is 0 Å². The summed E-state index contributed by atoms with van der Waals surface area (Å²) < 4.78 is 35.2. The first kappa shape index (κ1) is 39.8. The van der Waals surface area contributed by atoms with Crippen LogP contribution in [0.2, 0.25) is 0 Å². The lowest BCUT2D eigenvalue weighted by atomic mass is 9.89. The molecule has 4 aromatic rings. The van der Waals surface area contributed by atoms with Gasteiger partial charge in [-0.3, -0.25) is 14.5 Å². The van der Waals surface area contributed by atoms with Gasteiger partial charge in [-0.2, -0.15) is 4.68 Å². The highest BCUT2D eigenvalue weighted by Crippen LogP contribution is 2.38. The number of ether oxygens (including phenoxy) is 6. The third kappa shape index (κ3) is 9.02. The molecule has 54 heavy (non-hydrogen) atoms. The Morgan fingerprint density at radius 3 is 2.35 bits per heavy atom. The average Bonchev–Trinajstić information content (AvgIpc) is 3.62. The number of amides is 1. The highest BCUT2D eigenvalue weighted by Gasteiger charge is 2.29. The maximum Gasteiger partial charge on any atom is 0.366 e. The average molecular weight is 752 g/mol. The van der Waals surface area contributed by atoms with Gasteiger partial charge in [-0.05, 0) is 35.7 Å². The van der Waals surface area contributed by atoms with E-state index in [0.29, 0.717) is 43.4 Å². The number of ketones is 1. The molecule has 1 aliphatic heterocycles. The molecule has 5 rings (SSSR count). The zero-order chi connectivity index (χ0) is 38.8. The van der Waals surface area contributed by atoms with Crippen LogP contribution in [-0.2, 0) is 38.9 Å². The minimum atomic E-state index is -0.999. The summed E-state index contributed by atoms with van der Waals surface area (Å²) >= 11 is 0. The lowest BCUT2D eigenvalue weighted by Crippen LogP contribution is -2.38. The van der Waals surface area contributed by atoms with Crippen molar-refractivity contribution < 1.29 is 47.9 Å². The molecule has 0 radical (unpaired) electrons. The molecule has 2 aromatic heterocycles. The zero-order valence-corrected chi connectivity index (χ0v) is 31.0. The van der Waals surface area contributed by atoms with Crippen molar-refractivity contribution in [1.82, 2.24) is 34.2 Å². The van der Waals surface area contributed by atoms with Gasteiger partial charge in [0.15, 0.2) is 28.6 Å². The maximum atomic E-state index is 14.4. The summed E-state index contributed by atoms with van der Waals surface area (Å²) in [5.74, 6) is -1.90. The number of carbonyl (C=O) groups excluding carboxylic acids is 3. The molecular formula is C36H45N7O11. The van der Waals surface area contributed by atoms with Gasteiger partial charge < -0.3 is 38.4 Å². The number of imidazole rings is 1. The smallest absolute Gasteiger partial charge is 0.366 e. The summed E-state index contributed by atoms with van der Waals surface area (Å²) in [6.45, 7) is 6.76. The van der Waals surface area contributed by atoms with Crippen LogP contribution in [0, 0.1) is 0 Å². The van der Waals surface area contributed by atoms with Crippen LogP contribution in [0.15, 0.2) is 35.4 Å². The summed E-state index contributed by atoms with van der Waals surface area (Å²) in [4.78, 5) is 62.0. The SMILES string of the molecule is CCc1c(OC(=O)c2ncn3c(=O)n(C)nnc23)cc(O)c(C(=O)c2ccc(OCCN3CCOCC3)c(OC)c2)c1CC(=O)N(CCOC)CCOC. The highest BCUT2D eigenvalue weighted by molar-refractivity contribution is 6.13. The number of phenolic OH excluding ortho intramolecular Hbond substituents is 1. The Labute approximate surface area is 311 Å². The largest absolute Gasteiger partial charge is 0.507 e. The van der Waals surface area contributed by atoms with Gasteiger partial charge >= 0.3 is 11.7 Å². The number of aromatic nitrogens is 5. The van der Waals surface area contributed by atoms with Gasteiger partial charge in [0.05, 0.1) is 45.5 Å². The number of rotatable bonds is 18. The van der Waals surface area contributed by atoms with Crippen molar-refractivity contribution >= 4 is 23.3 Å². The van der Waals surface area contributed by atoms with Crippen molar-refractivity contribution in [3.05, 3.63) is 69.0 Å². The molecule has 2 aromatic carbocycles. The third-order valence-electron chi connectivity index (χ3n) is 8.97. The van der Waals surface area contributed by atoms with Gasteiger partial charge in [-0.1, -0.05) is 12.1 Å². The number of nitrogens with zero attached hydrogens (tertiary/aromatic N) is 7. The van der Waals surface area contributed by atoms with E-state index in [-0.39, 0.29) is 78.8 Å². The molecule has 0 bridgehead atoms. The first-order valence-electron chi connectivity index (χ1n) is 17.4. The summed E-state index contributed by atoms with van der Waals surface area (Å²) in [7, 11) is 5.89. The van der Waals surface area contributed by atoms with Gasteiger partial charge in [-0.15, -0.1) is 5.10 Å². The van der Waals surface area contributed by atoms with Crippen molar-refractivity contribution in [2.24, 2.45) is 7.05 Å². The summed E-state index contributed by atoms with van der Waals surface area (Å²) in [6.07, 6.45) is 0.966. The molecule has 18 heteroatoms. The normalized spacial score (nSPS) is 13.2. The quantitative estimate of drug-likeness (QED) is 0.0855. The number of hydrogen-bond acceptors (Lipinski definition) is 15. The van der Waals surface area contributed by atoms with Crippen molar-refractivity contribution in [3.63, 3.8) is 0 Å². The van der Waals surface area contributed by atoms with Gasteiger partial charge in [0.25, 0.3) is 0 Å². The predicted molar refractivity (Wildman–Crippen MR) is 192 cm³/mol. The van der Waals surface area contributed by atoms with Crippen molar-refractivity contribution in [3.8, 4) is 23.0 Å². The molecule has 0 aliphatic carbocycles. The molecule has 1 N–H and O–H groups in total. The van der Waals surface area contributed by atoms with Crippen LogP contribution in [0.5, 0.6) is 23.0 Å². The van der Waals surface area contributed by atoms with E-state index in [1.54, 1.807) is 19.1 Å². The second-order valence-electron chi connectivity index (χ2n) is 12.3. The van der Waals surface area contributed by atoms with Gasteiger partial charge in [0.1, 0.15) is 24.4 Å². The lowest BCUT2D eigenvalue weighted by molar-refractivity contribution is -0.131. The second kappa shape index (κ2) is 18.6. The number of benzene rings is 2. The summed E-state index contributed by atoms with van der Waals surface area (Å²) in [5.41, 5.74) is -0.546. The summed E-state index contributed by atoms with van der Waals surface area (Å²) in [6, 6.07) is 5.83. The number of methoxy groups -OCH3 is 3. The van der Waals surface area contributed by atoms with Gasteiger partial charge in [0, 0.05) is 65.6 Å². The van der Waals surface area contributed by atoms with Crippen LogP contribution in [0.4, 0.5) is 0 Å². The Morgan fingerprint density at radius 2 is 1.69 bits per heavy atom. The Hall–Kier alpha value is -5.43. The Balaban J connectivity index is 1.52. The van der Waals surface area contributed by atoms with Crippen LogP contribution < -0.4 is 19.9 Å². The van der Waals surface area contributed by atoms with Crippen LogP contribution in [0.25, 0.3) is 5.65 Å². The van der Waals surface area contributed by atoms with E-state index in [1.165, 1.54) is 39.3 Å². The number of aromatic hydroxyl groups is 1. The number of carbonyl (C=O) groups is 3. The van der Waals surface area contributed by atoms with Gasteiger partial charge in [0.2, 0.25) is 5.91 Å². The molecule has 1 saturated heterocycles. The third-order valence-corrected chi connectivity index (χ3v) is 8.97. The molecule has 18 nitrogen and oxygen atoms in total. The van der Waals surface area contributed by atoms with Gasteiger partial charge in [-0.25, -0.2) is 19.0 Å². The fourth-order valence-electron chi connectivity index (χ4n) is 6.05. The molecule has 1 fully saturated rings. The molecule has 290 valence electrons. The standard InChI is InChI=1S/C36H45N7O11/c1-6-24-25(20-30(45)42(12-14-49-3)13-15-50-4)31(26(44)21-28(24)54-35(47)32-34-38-39-40(2)36(48)43(34)22-37-32)33(46)23-7-8-27(29(19-23)51-5)53-18-11-41-9-16-52-17-10-41/h7-8,19,21-22,44H,6,9-18,20H2,1-5H3. The molecule has 0 unspecified atom stereocenters. The first-order valence-corrected chi connectivity index (χ1v) is 17.4. The van der Waals surface area contributed by atoms with Crippen molar-refractivity contribution in [1.29, 1.82) is 0 Å². The highest BCUT2D eigenvalue weighted by atomic mass is 16.5. The minimum absolute atomic E-state index is 0.112. The fourth-order valence-corrected chi connectivity index (χ4v) is 6.05. The number of fused-ring (bicyclic) bond motifs is 1. The number of esters is 1. The lowest BCUT2D eigenvalue weighted by Gasteiger charge is -2.26. The Morgan fingerprint density at radius 1 is 0.963 bits per heavy atom. The van der Waals surface area contributed by atoms with E-state index in [4.69, 9.17) is 28.4 Å². The predicted octanol–water partition coefficient (Wildman–Crippen LogP) is 0.925. The minimum Gasteiger partial charge on any atom is -0.507 e. The number of hydrogen-bond donors (Lipinski definition) is 1. The summed E-state index contributed by atoms with van der Waals surface area (Å²) in [5, 5.41) is 19.1. The number of morpholine rings is 1.